The molecule has 170 valence electrons. The fraction of sp³-hybridized carbons (Fsp3) is 0.417. The number of hydrogen-bond acceptors (Lipinski definition) is 6. The van der Waals surface area contributed by atoms with Crippen LogP contribution in [0.4, 0.5) is 11.5 Å². The highest BCUT2D eigenvalue weighted by molar-refractivity contribution is 5.97. The molecule has 3 aromatic rings. The Labute approximate surface area is 191 Å². The summed E-state index contributed by atoms with van der Waals surface area (Å²) in [5, 5.41) is 17.8. The second-order valence-corrected chi connectivity index (χ2v) is 8.85. The predicted molar refractivity (Wildman–Crippen MR) is 124 cm³/mol. The van der Waals surface area contributed by atoms with E-state index >= 15 is 0 Å². The van der Waals surface area contributed by atoms with E-state index in [9.17, 15) is 14.9 Å². The van der Waals surface area contributed by atoms with Crippen LogP contribution in [0.2, 0.25) is 0 Å². The number of carbonyl (C=O) groups is 1. The average Bonchev–Trinajstić information content (AvgIpc) is 3.54. The summed E-state index contributed by atoms with van der Waals surface area (Å²) in [6.07, 6.45) is 4.20. The highest BCUT2D eigenvalue weighted by Crippen LogP contribution is 2.43. The number of H-pyrrole nitrogens is 1. The molecule has 2 aromatic heterocycles. The Balaban J connectivity index is 1.45. The summed E-state index contributed by atoms with van der Waals surface area (Å²) in [5.74, 6) is 0.841. The number of pyridine rings is 1. The number of aryl methyl sites for hydroxylation is 1. The first-order chi connectivity index (χ1) is 16.0. The molecule has 1 aliphatic heterocycles. The van der Waals surface area contributed by atoms with Crippen LogP contribution in [0.1, 0.15) is 41.2 Å². The van der Waals surface area contributed by atoms with Crippen LogP contribution in [0, 0.1) is 24.2 Å². The largest absolute Gasteiger partial charge is 0.378 e. The number of amides is 1. The smallest absolute Gasteiger partial charge is 0.261 e. The molecule has 1 saturated heterocycles. The number of rotatable bonds is 7. The summed E-state index contributed by atoms with van der Waals surface area (Å²) in [7, 11) is 1.65. The highest BCUT2D eigenvalue weighted by atomic mass is 16.5. The molecule has 1 unspecified atom stereocenters. The van der Waals surface area contributed by atoms with E-state index in [0.29, 0.717) is 47.7 Å². The van der Waals surface area contributed by atoms with Crippen molar-refractivity contribution in [2.75, 3.05) is 25.5 Å². The number of methoxy groups -OCH3 is 1. The number of aromatic nitrogens is 3. The molecule has 1 atom stereocenters. The van der Waals surface area contributed by atoms with Gasteiger partial charge in [0.2, 0.25) is 0 Å². The molecule has 0 spiro atoms. The second kappa shape index (κ2) is 8.37. The van der Waals surface area contributed by atoms with E-state index < -0.39 is 0 Å². The normalized spacial score (nSPS) is 16.9. The molecule has 9 nitrogen and oxygen atoms in total. The summed E-state index contributed by atoms with van der Waals surface area (Å²) in [6.45, 7) is 3.10. The van der Waals surface area contributed by atoms with Gasteiger partial charge in [-0.3, -0.25) is 14.3 Å². The van der Waals surface area contributed by atoms with Crippen molar-refractivity contribution < 1.29 is 9.53 Å². The number of ether oxygens (including phenoxy) is 1. The van der Waals surface area contributed by atoms with Crippen LogP contribution in [0.15, 0.2) is 35.3 Å². The van der Waals surface area contributed by atoms with Crippen molar-refractivity contribution in [3.63, 3.8) is 0 Å². The van der Waals surface area contributed by atoms with Crippen molar-refractivity contribution in [3.8, 4) is 6.07 Å². The molecule has 1 saturated carbocycles. The molecule has 1 amide bonds. The molecule has 9 heteroatoms. The highest BCUT2D eigenvalue weighted by Gasteiger charge is 2.35. The van der Waals surface area contributed by atoms with Crippen LogP contribution >= 0.6 is 0 Å². The molecule has 0 bridgehead atoms. The number of likely N-dealkylation sites (tertiary alicyclic amines) is 1. The van der Waals surface area contributed by atoms with Gasteiger partial charge in [-0.25, -0.2) is 0 Å². The van der Waals surface area contributed by atoms with E-state index in [1.54, 1.807) is 24.3 Å². The van der Waals surface area contributed by atoms with Gasteiger partial charge in [-0.05, 0) is 55.5 Å². The van der Waals surface area contributed by atoms with Crippen molar-refractivity contribution in [1.29, 1.82) is 5.26 Å². The third kappa shape index (κ3) is 3.87. The monoisotopic (exact) mass is 446 g/mol. The zero-order chi connectivity index (χ0) is 23.1. The van der Waals surface area contributed by atoms with E-state index in [1.165, 1.54) is 0 Å². The van der Waals surface area contributed by atoms with Crippen LogP contribution in [0.25, 0.3) is 10.9 Å². The molecular weight excluding hydrogens is 420 g/mol. The zero-order valence-electron chi connectivity index (χ0n) is 18.7. The predicted octanol–water partition coefficient (Wildman–Crippen LogP) is 3.11. The van der Waals surface area contributed by atoms with Gasteiger partial charge in [0.05, 0.1) is 30.2 Å². The van der Waals surface area contributed by atoms with Gasteiger partial charge in [-0.1, -0.05) is 0 Å². The summed E-state index contributed by atoms with van der Waals surface area (Å²) < 4.78 is 7.08. The standard InChI is InChI=1S/C24H26N6O3/c1-14-11-16(5-6-18(14)24(32)29-12-17(13-29)33-2)27-22-21-20(8-10-26-23(21)31)30(28-22)19(7-9-25)15-3-4-15/h5-6,8,10-11,15,17,19H,3-4,7,12-13H2,1-2H3,(H,26,31)(H,27,28). The van der Waals surface area contributed by atoms with Gasteiger partial charge in [-0.2, -0.15) is 10.4 Å². The first-order valence-corrected chi connectivity index (χ1v) is 11.2. The minimum absolute atomic E-state index is 0.0118. The van der Waals surface area contributed by atoms with Crippen molar-refractivity contribution in [3.05, 3.63) is 51.9 Å². The molecule has 1 aliphatic carbocycles. The number of benzene rings is 1. The summed E-state index contributed by atoms with van der Waals surface area (Å²) in [6, 6.07) is 9.55. The fourth-order valence-electron chi connectivity index (χ4n) is 4.51. The van der Waals surface area contributed by atoms with Crippen LogP contribution in [0.3, 0.4) is 0 Å². The van der Waals surface area contributed by atoms with Crippen LogP contribution in [-0.2, 0) is 4.74 Å². The van der Waals surface area contributed by atoms with Gasteiger partial charge >= 0.3 is 0 Å². The molecule has 2 aliphatic rings. The molecule has 5 rings (SSSR count). The van der Waals surface area contributed by atoms with Gasteiger partial charge in [0, 0.05) is 37.6 Å². The van der Waals surface area contributed by atoms with Crippen LogP contribution in [0.5, 0.6) is 0 Å². The number of nitriles is 1. The van der Waals surface area contributed by atoms with Crippen molar-refractivity contribution in [1.82, 2.24) is 19.7 Å². The molecular formula is C24H26N6O3. The van der Waals surface area contributed by atoms with Crippen molar-refractivity contribution >= 4 is 28.3 Å². The Morgan fingerprint density at radius 1 is 1.36 bits per heavy atom. The summed E-state index contributed by atoms with van der Waals surface area (Å²) >= 11 is 0. The average molecular weight is 447 g/mol. The van der Waals surface area contributed by atoms with Gasteiger partial charge in [0.1, 0.15) is 5.39 Å². The third-order valence-corrected chi connectivity index (χ3v) is 6.60. The van der Waals surface area contributed by atoms with Gasteiger partial charge < -0.3 is 19.9 Å². The number of nitrogens with zero attached hydrogens (tertiary/aromatic N) is 4. The number of nitrogens with one attached hydrogen (secondary N) is 2. The molecule has 1 aromatic carbocycles. The first-order valence-electron chi connectivity index (χ1n) is 11.2. The number of aromatic amines is 1. The Hall–Kier alpha value is -3.64. The SMILES string of the molecule is COC1CN(C(=O)c2ccc(Nc3nn(C(CC#N)C4CC4)c4cc[nH]c(=O)c34)cc2C)C1. The Bertz CT molecular complexity index is 1310. The van der Waals surface area contributed by atoms with E-state index in [2.05, 4.69) is 16.4 Å². The van der Waals surface area contributed by atoms with E-state index in [1.807, 2.05) is 29.8 Å². The minimum atomic E-state index is -0.234. The lowest BCUT2D eigenvalue weighted by Gasteiger charge is -2.38. The van der Waals surface area contributed by atoms with E-state index in [4.69, 9.17) is 9.84 Å². The fourth-order valence-corrected chi connectivity index (χ4v) is 4.51. The lowest BCUT2D eigenvalue weighted by molar-refractivity contribution is -0.0192. The third-order valence-electron chi connectivity index (χ3n) is 6.60. The maximum absolute atomic E-state index is 12.8. The number of fused-ring (bicyclic) bond motifs is 1. The first kappa shape index (κ1) is 21.2. The van der Waals surface area contributed by atoms with E-state index in [-0.39, 0.29) is 23.6 Å². The van der Waals surface area contributed by atoms with Gasteiger partial charge in [-0.15, -0.1) is 0 Å². The van der Waals surface area contributed by atoms with E-state index in [0.717, 1.165) is 24.1 Å². The molecule has 0 radical (unpaired) electrons. The van der Waals surface area contributed by atoms with Crippen LogP contribution in [-0.4, -0.2) is 51.9 Å². The summed E-state index contributed by atoms with van der Waals surface area (Å²) in [5.41, 5.74) is 2.69. The second-order valence-electron chi connectivity index (χ2n) is 8.85. The molecule has 33 heavy (non-hydrogen) atoms. The Morgan fingerprint density at radius 3 is 2.82 bits per heavy atom. The topological polar surface area (TPSA) is 116 Å². The number of anilines is 2. The summed E-state index contributed by atoms with van der Waals surface area (Å²) in [4.78, 5) is 29.9. The maximum atomic E-state index is 12.8. The van der Waals surface area contributed by atoms with Crippen LogP contribution < -0.4 is 10.9 Å². The van der Waals surface area contributed by atoms with Crippen molar-refractivity contribution in [2.45, 2.75) is 38.3 Å². The Morgan fingerprint density at radius 2 is 2.15 bits per heavy atom. The van der Waals surface area contributed by atoms with Gasteiger partial charge in [0.25, 0.3) is 11.5 Å². The Kier molecular flexibility index (Phi) is 5.38. The zero-order valence-corrected chi connectivity index (χ0v) is 18.7. The molecule has 2 fully saturated rings. The number of carbonyl (C=O) groups excluding carboxylic acids is 1. The molecule has 3 heterocycles. The number of hydrogen-bond donors (Lipinski definition) is 2. The van der Waals surface area contributed by atoms with Crippen molar-refractivity contribution in [2.24, 2.45) is 5.92 Å². The lowest BCUT2D eigenvalue weighted by Crippen LogP contribution is -2.54. The quantitative estimate of drug-likeness (QED) is 0.576. The minimum Gasteiger partial charge on any atom is -0.378 e. The van der Waals surface area contributed by atoms with Gasteiger partial charge in [0.15, 0.2) is 5.82 Å². The lowest BCUT2D eigenvalue weighted by atomic mass is 10.0. The maximum Gasteiger partial charge on any atom is 0.261 e. The molecule has 2 N–H and O–H groups in total.